The number of alkyl halides is 6. The third-order valence-corrected chi connectivity index (χ3v) is 10.9. The number of amides is 2. The molecule has 0 spiro atoms. The first-order valence-electron chi connectivity index (χ1n) is 19.7. The van der Waals surface area contributed by atoms with Crippen LogP contribution in [-0.4, -0.2) is 90.4 Å². The van der Waals surface area contributed by atoms with Gasteiger partial charge in [0, 0.05) is 18.6 Å². The molecule has 30 heteroatoms. The number of esters is 2. The van der Waals surface area contributed by atoms with E-state index in [0.29, 0.717) is 6.07 Å². The van der Waals surface area contributed by atoms with Crippen LogP contribution in [0.1, 0.15) is 57.9 Å². The lowest BCUT2D eigenvalue weighted by molar-refractivity contribution is -0.385. The number of aromatic nitrogens is 3. The Bertz CT molecular complexity index is 2920. The molecule has 3 N–H and O–H groups in total. The molecule has 5 aromatic rings. The lowest BCUT2D eigenvalue weighted by Gasteiger charge is -2.13. The lowest BCUT2D eigenvalue weighted by Crippen LogP contribution is -2.35. The molecule has 0 aliphatic carbocycles. The molecule has 72 heavy (non-hydrogen) atoms. The summed E-state index contributed by atoms with van der Waals surface area (Å²) in [5, 5.41) is 22.1. The topological polar surface area (TPSA) is 275 Å². The number of ether oxygens (including phenoxy) is 5. The number of nitrogens with zero attached hydrogens (tertiary/aromatic N) is 4. The van der Waals surface area contributed by atoms with Crippen LogP contribution >= 0.6 is 34.8 Å². The van der Waals surface area contributed by atoms with E-state index in [-0.39, 0.29) is 67.8 Å². The zero-order valence-electron chi connectivity index (χ0n) is 37.5. The first-order chi connectivity index (χ1) is 33.5. The van der Waals surface area contributed by atoms with E-state index in [2.05, 4.69) is 20.3 Å². The number of hydrogen-bond acceptors (Lipinski definition) is 16. The Morgan fingerprint density at radius 3 is 2.08 bits per heavy atom. The summed E-state index contributed by atoms with van der Waals surface area (Å²) in [7, 11) is -1.81. The maximum absolute atomic E-state index is 12.8. The molecule has 4 aromatic carbocycles. The monoisotopic (exact) mass is 1100 g/mol. The van der Waals surface area contributed by atoms with Crippen molar-refractivity contribution in [3.05, 3.63) is 126 Å². The van der Waals surface area contributed by atoms with E-state index in [0.717, 1.165) is 36.4 Å². The van der Waals surface area contributed by atoms with Gasteiger partial charge in [-0.3, -0.25) is 15.4 Å². The molecular formula is C42H37Cl3F6N6O14S. The van der Waals surface area contributed by atoms with Crippen molar-refractivity contribution in [1.29, 1.82) is 0 Å². The van der Waals surface area contributed by atoms with Crippen LogP contribution in [0.15, 0.2) is 77.7 Å². The molecule has 1 atom stereocenters. The number of sulfonamides is 1. The van der Waals surface area contributed by atoms with Crippen molar-refractivity contribution in [2.75, 3.05) is 26.1 Å². The SMILES string of the molecule is CCOC(=O)C(C)OC(=O)c1cc(Oc2ccc(C(F)(F)F)cc2Cl)ccc1[N+](=O)[O-].COc1c(Cl)ccc(Cl)c1C(=O)O.COc1nc(C)nc(NC(=O)NS(=O)(=O)c2ccccc2CCC(F)(F)F)n1. The van der Waals surface area contributed by atoms with Crippen molar-refractivity contribution in [2.45, 2.75) is 57.0 Å². The van der Waals surface area contributed by atoms with Crippen LogP contribution in [0.2, 0.25) is 15.1 Å². The molecule has 2 amide bonds. The molecule has 1 aromatic heterocycles. The molecule has 20 nitrogen and oxygen atoms in total. The number of carboxylic acid groups (broad SMARTS) is 1. The summed E-state index contributed by atoms with van der Waals surface area (Å²) in [4.78, 5) is 68.1. The molecule has 0 fully saturated rings. The Morgan fingerprint density at radius 2 is 1.53 bits per heavy atom. The summed E-state index contributed by atoms with van der Waals surface area (Å²) in [5.74, 6) is -3.49. The molecule has 0 radical (unpaired) electrons. The second kappa shape index (κ2) is 25.8. The zero-order chi connectivity index (χ0) is 54.3. The number of nitro groups is 1. The number of methoxy groups -OCH3 is 2. The largest absolute Gasteiger partial charge is 0.494 e. The highest BCUT2D eigenvalue weighted by Gasteiger charge is 2.32. The van der Waals surface area contributed by atoms with Gasteiger partial charge in [-0.25, -0.2) is 32.3 Å². The third kappa shape index (κ3) is 17.6. The van der Waals surface area contributed by atoms with Crippen molar-refractivity contribution in [1.82, 2.24) is 19.7 Å². The molecule has 0 aliphatic heterocycles. The Balaban J connectivity index is 0.000000307. The van der Waals surface area contributed by atoms with Crippen LogP contribution in [0.5, 0.6) is 23.3 Å². The minimum absolute atomic E-state index is 0.0398. The lowest BCUT2D eigenvalue weighted by atomic mass is 10.1. The fraction of sp³-hybridized carbons (Fsp3) is 0.262. The van der Waals surface area contributed by atoms with Gasteiger partial charge in [-0.05, 0) is 75.2 Å². The first kappa shape index (κ1) is 59.1. The van der Waals surface area contributed by atoms with Gasteiger partial charge in [-0.15, -0.1) is 0 Å². The highest BCUT2D eigenvalue weighted by atomic mass is 35.5. The standard InChI is InChI=1S/C19H15ClF3NO7.C15H16F3N5O4S.C8H6Cl2O3/c1-3-29-17(25)10(2)30-18(26)13-9-12(5-6-15(13)24(27)28)31-16-7-4-11(8-14(16)20)19(21,22)23;1-9-19-12(22-14(20-9)27-2)21-13(24)23-28(25,26)11-6-4-3-5-10(11)7-8-15(16,17)18;1-13-7-5(10)3-2-4(9)6(7)8(11)12/h4-10H,3H2,1-2H3;3-6H,7-8H2,1-2H3,(H2,19,20,21,22,23,24);2-3H,1H3,(H,11,12). The third-order valence-electron chi connectivity index (χ3n) is 8.55. The average Bonchev–Trinajstić information content (AvgIpc) is 3.28. The summed E-state index contributed by atoms with van der Waals surface area (Å²) >= 11 is 17.2. The quantitative estimate of drug-likeness (QED) is 0.0380. The number of aryl methyl sites for hydroxylation is 2. The smallest absolute Gasteiger partial charge is 0.416 e. The van der Waals surface area contributed by atoms with Crippen LogP contribution in [-0.2, 0) is 36.9 Å². The number of anilines is 1. The van der Waals surface area contributed by atoms with Gasteiger partial charge in [0.2, 0.25) is 5.95 Å². The van der Waals surface area contributed by atoms with E-state index >= 15 is 0 Å². The zero-order valence-corrected chi connectivity index (χ0v) is 40.6. The maximum atomic E-state index is 12.8. The number of benzene rings is 4. The highest BCUT2D eigenvalue weighted by molar-refractivity contribution is 7.90. The highest BCUT2D eigenvalue weighted by Crippen LogP contribution is 2.38. The van der Waals surface area contributed by atoms with Gasteiger partial charge < -0.3 is 28.8 Å². The van der Waals surface area contributed by atoms with Crippen LogP contribution < -0.4 is 24.2 Å². The number of urea groups is 1. The van der Waals surface area contributed by atoms with E-state index in [1.165, 1.54) is 58.4 Å². The number of nitro benzene ring substituents is 1. The second-order valence-electron chi connectivity index (χ2n) is 13.7. The summed E-state index contributed by atoms with van der Waals surface area (Å²) in [5.41, 5.74) is -2.35. The van der Waals surface area contributed by atoms with Crippen LogP contribution in [0.3, 0.4) is 0 Å². The van der Waals surface area contributed by atoms with E-state index in [1.54, 1.807) is 11.6 Å². The maximum Gasteiger partial charge on any atom is 0.416 e. The Hall–Kier alpha value is -7.23. The molecule has 0 saturated carbocycles. The summed E-state index contributed by atoms with van der Waals surface area (Å²) in [6.45, 7) is 4.31. The van der Waals surface area contributed by atoms with Gasteiger partial charge in [0.05, 0.1) is 51.3 Å². The predicted molar refractivity (Wildman–Crippen MR) is 242 cm³/mol. The van der Waals surface area contributed by atoms with Crippen LogP contribution in [0.4, 0.5) is 42.8 Å². The number of nitrogens with one attached hydrogen (secondary N) is 2. The molecule has 388 valence electrons. The fourth-order valence-electron chi connectivity index (χ4n) is 5.41. The summed E-state index contributed by atoms with van der Waals surface area (Å²) in [6, 6.07) is 12.1. The number of hydrogen-bond donors (Lipinski definition) is 3. The van der Waals surface area contributed by atoms with Crippen LogP contribution in [0, 0.1) is 17.0 Å². The average molecular weight is 1100 g/mol. The van der Waals surface area contributed by atoms with Gasteiger partial charge in [-0.2, -0.15) is 41.3 Å². The number of halogens is 9. The minimum Gasteiger partial charge on any atom is -0.494 e. The fourth-order valence-corrected chi connectivity index (χ4v) is 7.27. The van der Waals surface area contributed by atoms with Gasteiger partial charge in [0.1, 0.15) is 28.5 Å². The molecule has 0 saturated heterocycles. The number of carbonyl (C=O) groups is 4. The van der Waals surface area contributed by atoms with Crippen molar-refractivity contribution < 1.29 is 87.7 Å². The normalized spacial score (nSPS) is 11.5. The van der Waals surface area contributed by atoms with Crippen molar-refractivity contribution in [3.8, 4) is 23.3 Å². The Morgan fingerprint density at radius 1 is 0.875 bits per heavy atom. The van der Waals surface area contributed by atoms with Crippen molar-refractivity contribution in [2.24, 2.45) is 0 Å². The number of aromatic carboxylic acids is 1. The number of carboxylic acids is 1. The van der Waals surface area contributed by atoms with Gasteiger partial charge in [-0.1, -0.05) is 53.0 Å². The summed E-state index contributed by atoms with van der Waals surface area (Å²) in [6.07, 6.45) is -12.1. The van der Waals surface area contributed by atoms with E-state index < -0.39 is 91.9 Å². The van der Waals surface area contributed by atoms with Crippen molar-refractivity contribution in [3.63, 3.8) is 0 Å². The molecule has 1 heterocycles. The van der Waals surface area contributed by atoms with Crippen molar-refractivity contribution >= 4 is 80.4 Å². The number of carbonyl (C=O) groups excluding carboxylic acids is 3. The molecule has 1 unspecified atom stereocenters. The molecule has 5 rings (SSSR count). The minimum atomic E-state index is -4.61. The number of rotatable bonds is 15. The van der Waals surface area contributed by atoms with Gasteiger partial charge in [0.25, 0.3) is 15.7 Å². The van der Waals surface area contributed by atoms with Gasteiger partial charge >= 0.3 is 42.3 Å². The van der Waals surface area contributed by atoms with Crippen LogP contribution in [0.25, 0.3) is 0 Å². The van der Waals surface area contributed by atoms with Gasteiger partial charge in [0.15, 0.2) is 11.9 Å². The van der Waals surface area contributed by atoms with E-state index in [1.807, 2.05) is 0 Å². The van der Waals surface area contributed by atoms with E-state index in [9.17, 15) is 64.1 Å². The Kier molecular flexibility index (Phi) is 21.1. The predicted octanol–water partition coefficient (Wildman–Crippen LogP) is 10.1. The molecular weight excluding hydrogens is 1060 g/mol. The van der Waals surface area contributed by atoms with E-state index in [4.69, 9.17) is 63.6 Å². The molecule has 0 aliphatic rings. The first-order valence-corrected chi connectivity index (χ1v) is 22.3. The molecule has 0 bridgehead atoms. The second-order valence-corrected chi connectivity index (χ2v) is 16.6. The summed E-state index contributed by atoms with van der Waals surface area (Å²) < 4.78 is 127. The Labute approximate surface area is 418 Å².